The van der Waals surface area contributed by atoms with Crippen LogP contribution >= 0.6 is 0 Å². The number of oxazole rings is 1. The van der Waals surface area contributed by atoms with E-state index < -0.39 is 4.92 Å². The predicted molar refractivity (Wildman–Crippen MR) is 68.4 cm³/mol. The van der Waals surface area contributed by atoms with Crippen molar-refractivity contribution in [1.82, 2.24) is 9.88 Å². The first kappa shape index (κ1) is 12.7. The zero-order valence-corrected chi connectivity index (χ0v) is 10.4. The second-order valence-electron chi connectivity index (χ2n) is 4.09. The standard InChI is InChI=1S/C12H11N3O4/c1-14(2)6-8(7-16)12-13-10-5-9(15(17)18)3-4-11(10)19-12/h3-7H,1-2H3. The second-order valence-corrected chi connectivity index (χ2v) is 4.09. The summed E-state index contributed by atoms with van der Waals surface area (Å²) in [7, 11) is 3.52. The summed E-state index contributed by atoms with van der Waals surface area (Å²) in [6, 6.07) is 4.09. The topological polar surface area (TPSA) is 89.5 Å². The van der Waals surface area contributed by atoms with E-state index in [1.807, 2.05) is 0 Å². The van der Waals surface area contributed by atoms with Crippen LogP contribution in [0, 0.1) is 10.1 Å². The molecule has 0 fully saturated rings. The van der Waals surface area contributed by atoms with Crippen molar-refractivity contribution >= 4 is 28.6 Å². The highest BCUT2D eigenvalue weighted by atomic mass is 16.6. The fourth-order valence-corrected chi connectivity index (χ4v) is 1.57. The predicted octanol–water partition coefficient (Wildman–Crippen LogP) is 1.84. The van der Waals surface area contributed by atoms with Crippen molar-refractivity contribution in [3.63, 3.8) is 0 Å². The number of aromatic nitrogens is 1. The Morgan fingerprint density at radius 3 is 2.79 bits per heavy atom. The third kappa shape index (κ3) is 2.59. The van der Waals surface area contributed by atoms with Gasteiger partial charge in [0.25, 0.3) is 5.69 Å². The van der Waals surface area contributed by atoms with Gasteiger partial charge in [0.2, 0.25) is 5.89 Å². The number of aldehydes is 1. The molecule has 0 N–H and O–H groups in total. The molecule has 1 heterocycles. The summed E-state index contributed by atoms with van der Waals surface area (Å²) >= 11 is 0. The van der Waals surface area contributed by atoms with E-state index >= 15 is 0 Å². The summed E-state index contributed by atoms with van der Waals surface area (Å²) in [6.45, 7) is 0. The molecule has 0 amide bonds. The highest BCUT2D eigenvalue weighted by molar-refractivity contribution is 6.05. The van der Waals surface area contributed by atoms with Gasteiger partial charge in [-0.05, 0) is 6.07 Å². The summed E-state index contributed by atoms with van der Waals surface area (Å²) in [6.07, 6.45) is 2.19. The quantitative estimate of drug-likeness (QED) is 0.361. The van der Waals surface area contributed by atoms with Gasteiger partial charge in [-0.15, -0.1) is 0 Å². The Hall–Kier alpha value is -2.70. The lowest BCUT2D eigenvalue weighted by Crippen LogP contribution is -2.03. The van der Waals surface area contributed by atoms with Gasteiger partial charge in [-0.2, -0.15) is 0 Å². The number of nitrogens with zero attached hydrogens (tertiary/aromatic N) is 3. The molecule has 7 heteroatoms. The van der Waals surface area contributed by atoms with E-state index in [1.54, 1.807) is 25.2 Å². The number of benzene rings is 1. The number of carbonyl (C=O) groups excluding carboxylic acids is 1. The zero-order chi connectivity index (χ0) is 14.0. The lowest BCUT2D eigenvalue weighted by molar-refractivity contribution is -0.384. The SMILES string of the molecule is CN(C)C=C(C=O)c1nc2cc([N+](=O)[O-])ccc2o1. The molecule has 0 spiro atoms. The summed E-state index contributed by atoms with van der Waals surface area (Å²) < 4.78 is 5.40. The minimum Gasteiger partial charge on any atom is -0.436 e. The van der Waals surface area contributed by atoms with Crippen molar-refractivity contribution in [3.8, 4) is 0 Å². The molecular weight excluding hydrogens is 250 g/mol. The molecule has 2 rings (SSSR count). The molecule has 0 saturated heterocycles. The number of allylic oxidation sites excluding steroid dienone is 1. The van der Waals surface area contributed by atoms with Crippen LogP contribution in [-0.4, -0.2) is 35.2 Å². The Kier molecular flexibility index (Phi) is 3.28. The first-order valence-electron chi connectivity index (χ1n) is 5.40. The normalized spacial score (nSPS) is 11.6. The lowest BCUT2D eigenvalue weighted by Gasteiger charge is -2.04. The van der Waals surface area contributed by atoms with Crippen LogP contribution in [0.2, 0.25) is 0 Å². The maximum absolute atomic E-state index is 11.0. The van der Waals surface area contributed by atoms with Crippen LogP contribution in [0.3, 0.4) is 0 Å². The van der Waals surface area contributed by atoms with Crippen LogP contribution in [0.1, 0.15) is 5.89 Å². The zero-order valence-electron chi connectivity index (χ0n) is 10.4. The molecule has 0 unspecified atom stereocenters. The molecule has 0 aliphatic rings. The van der Waals surface area contributed by atoms with Crippen LogP contribution in [-0.2, 0) is 4.79 Å². The van der Waals surface area contributed by atoms with Gasteiger partial charge in [-0.3, -0.25) is 14.9 Å². The molecule has 1 aromatic carbocycles. The third-order valence-corrected chi connectivity index (χ3v) is 2.35. The van der Waals surface area contributed by atoms with Crippen molar-refractivity contribution < 1.29 is 14.1 Å². The maximum Gasteiger partial charge on any atom is 0.271 e. The minimum absolute atomic E-state index is 0.0726. The van der Waals surface area contributed by atoms with Gasteiger partial charge in [0.15, 0.2) is 11.9 Å². The average Bonchev–Trinajstić information content (AvgIpc) is 2.77. The monoisotopic (exact) mass is 261 g/mol. The van der Waals surface area contributed by atoms with Crippen molar-refractivity contribution in [1.29, 1.82) is 0 Å². The number of carbonyl (C=O) groups is 1. The molecule has 0 radical (unpaired) electrons. The fourth-order valence-electron chi connectivity index (χ4n) is 1.57. The summed E-state index contributed by atoms with van der Waals surface area (Å²) in [5.41, 5.74) is 0.934. The van der Waals surface area contributed by atoms with Gasteiger partial charge in [-0.25, -0.2) is 4.98 Å². The molecular formula is C12H11N3O4. The van der Waals surface area contributed by atoms with Crippen molar-refractivity contribution in [3.05, 3.63) is 40.4 Å². The van der Waals surface area contributed by atoms with E-state index in [1.165, 1.54) is 18.2 Å². The first-order valence-corrected chi connectivity index (χ1v) is 5.40. The van der Waals surface area contributed by atoms with Crippen molar-refractivity contribution in [2.45, 2.75) is 0 Å². The number of nitro groups is 1. The number of hydrogen-bond acceptors (Lipinski definition) is 6. The van der Waals surface area contributed by atoms with E-state index in [2.05, 4.69) is 4.98 Å². The largest absolute Gasteiger partial charge is 0.436 e. The number of non-ortho nitro benzene ring substituents is 1. The Bertz CT molecular complexity index is 673. The van der Waals surface area contributed by atoms with Crippen LogP contribution < -0.4 is 0 Å². The Morgan fingerprint density at radius 1 is 1.47 bits per heavy atom. The van der Waals surface area contributed by atoms with E-state index in [-0.39, 0.29) is 17.2 Å². The van der Waals surface area contributed by atoms with E-state index in [4.69, 9.17) is 4.42 Å². The lowest BCUT2D eigenvalue weighted by atomic mass is 10.3. The number of hydrogen-bond donors (Lipinski definition) is 0. The Morgan fingerprint density at radius 2 is 2.21 bits per heavy atom. The Labute approximate surface area is 108 Å². The average molecular weight is 261 g/mol. The summed E-state index contributed by atoms with van der Waals surface area (Å²) in [5.74, 6) is 0.138. The van der Waals surface area contributed by atoms with E-state index in [0.717, 1.165) is 0 Å². The smallest absolute Gasteiger partial charge is 0.271 e. The van der Waals surface area contributed by atoms with Crippen molar-refractivity contribution in [2.75, 3.05) is 14.1 Å². The molecule has 0 saturated carbocycles. The molecule has 98 valence electrons. The fraction of sp³-hybridized carbons (Fsp3) is 0.167. The van der Waals surface area contributed by atoms with Gasteiger partial charge in [-0.1, -0.05) is 0 Å². The van der Waals surface area contributed by atoms with E-state index in [9.17, 15) is 14.9 Å². The molecule has 0 aliphatic carbocycles. The summed E-state index contributed by atoms with van der Waals surface area (Å²) in [5, 5.41) is 10.7. The molecule has 19 heavy (non-hydrogen) atoms. The van der Waals surface area contributed by atoms with Gasteiger partial charge in [0.05, 0.1) is 10.5 Å². The second kappa shape index (κ2) is 4.89. The van der Waals surface area contributed by atoms with Gasteiger partial charge < -0.3 is 9.32 Å². The number of rotatable bonds is 4. The Balaban J connectivity index is 2.52. The van der Waals surface area contributed by atoms with Crippen LogP contribution in [0.15, 0.2) is 28.8 Å². The first-order chi connectivity index (χ1) is 9.01. The van der Waals surface area contributed by atoms with Crippen LogP contribution in [0.5, 0.6) is 0 Å². The maximum atomic E-state index is 11.0. The number of nitro benzene ring substituents is 1. The van der Waals surface area contributed by atoms with Crippen LogP contribution in [0.25, 0.3) is 16.7 Å². The molecule has 0 atom stereocenters. The minimum atomic E-state index is -0.510. The van der Waals surface area contributed by atoms with Gasteiger partial charge in [0.1, 0.15) is 5.52 Å². The highest BCUT2D eigenvalue weighted by Gasteiger charge is 2.14. The third-order valence-electron chi connectivity index (χ3n) is 2.35. The summed E-state index contributed by atoms with van der Waals surface area (Å²) in [4.78, 5) is 26.9. The van der Waals surface area contributed by atoms with Gasteiger partial charge >= 0.3 is 0 Å². The van der Waals surface area contributed by atoms with Crippen LogP contribution in [0.4, 0.5) is 5.69 Å². The molecule has 2 aromatic rings. The molecule has 1 aromatic heterocycles. The highest BCUT2D eigenvalue weighted by Crippen LogP contribution is 2.24. The van der Waals surface area contributed by atoms with E-state index in [0.29, 0.717) is 17.4 Å². The molecule has 0 aliphatic heterocycles. The molecule has 0 bridgehead atoms. The van der Waals surface area contributed by atoms with Crippen molar-refractivity contribution in [2.24, 2.45) is 0 Å². The molecule has 7 nitrogen and oxygen atoms in total. The van der Waals surface area contributed by atoms with Gasteiger partial charge in [0, 0.05) is 32.4 Å². The number of fused-ring (bicyclic) bond motifs is 1.